The largest absolute Gasteiger partial charge is 0.481 e. The van der Waals surface area contributed by atoms with Gasteiger partial charge >= 0.3 is 11.9 Å². The Balaban J connectivity index is 2.19. The van der Waals surface area contributed by atoms with E-state index in [1.807, 2.05) is 13.8 Å². The van der Waals surface area contributed by atoms with Crippen molar-refractivity contribution in [2.75, 3.05) is 0 Å². The van der Waals surface area contributed by atoms with Crippen molar-refractivity contribution in [2.24, 2.45) is 29.4 Å². The molecule has 0 aromatic carbocycles. The molecule has 124 valence electrons. The van der Waals surface area contributed by atoms with Crippen molar-refractivity contribution in [3.63, 3.8) is 0 Å². The van der Waals surface area contributed by atoms with Gasteiger partial charge in [-0.1, -0.05) is 13.8 Å². The van der Waals surface area contributed by atoms with Gasteiger partial charge in [0.05, 0.1) is 18.1 Å². The second-order valence-electron chi connectivity index (χ2n) is 6.74. The number of nitrogens with two attached hydrogens (primary N) is 1. The van der Waals surface area contributed by atoms with Crippen LogP contribution in [0.1, 0.15) is 26.7 Å². The number of hydrogen-bond acceptors (Lipinski definition) is 5. The van der Waals surface area contributed by atoms with E-state index in [-0.39, 0.29) is 12.3 Å². The maximum atomic E-state index is 12.2. The Hall–Kier alpha value is -1.67. The van der Waals surface area contributed by atoms with Gasteiger partial charge in [0.15, 0.2) is 0 Å². The predicted octanol–water partition coefficient (Wildman–Crippen LogP) is -0.989. The van der Waals surface area contributed by atoms with E-state index in [0.29, 0.717) is 6.42 Å². The van der Waals surface area contributed by atoms with Crippen LogP contribution < -0.4 is 11.1 Å². The van der Waals surface area contributed by atoms with Crippen LogP contribution in [0.15, 0.2) is 0 Å². The highest BCUT2D eigenvalue weighted by molar-refractivity contribution is 5.92. The first kappa shape index (κ1) is 16.7. The van der Waals surface area contributed by atoms with Crippen LogP contribution in [0.25, 0.3) is 0 Å². The zero-order valence-electron chi connectivity index (χ0n) is 12.5. The molecule has 6 atom stereocenters. The van der Waals surface area contributed by atoms with E-state index in [2.05, 4.69) is 5.32 Å². The molecule has 6 N–H and O–H groups in total. The van der Waals surface area contributed by atoms with Gasteiger partial charge in [0.1, 0.15) is 5.54 Å². The molecule has 2 aliphatic rings. The van der Waals surface area contributed by atoms with Crippen LogP contribution in [0.5, 0.6) is 0 Å². The summed E-state index contributed by atoms with van der Waals surface area (Å²) >= 11 is 0. The van der Waals surface area contributed by atoms with E-state index in [0.717, 1.165) is 0 Å². The quantitative estimate of drug-likeness (QED) is 0.422. The lowest BCUT2D eigenvalue weighted by atomic mass is 9.88. The topological polar surface area (TPSA) is 150 Å². The number of carboxylic acid groups (broad SMARTS) is 2. The van der Waals surface area contributed by atoms with Crippen LogP contribution in [-0.4, -0.2) is 50.9 Å². The van der Waals surface area contributed by atoms with E-state index in [4.69, 9.17) is 10.8 Å². The van der Waals surface area contributed by atoms with Crippen molar-refractivity contribution in [1.29, 1.82) is 0 Å². The lowest BCUT2D eigenvalue weighted by Crippen LogP contribution is -2.60. The molecular formula is C14H22N2O6. The molecule has 0 saturated heterocycles. The summed E-state index contributed by atoms with van der Waals surface area (Å²) in [7, 11) is 0. The second kappa shape index (κ2) is 5.51. The number of rotatable bonds is 6. The fourth-order valence-electron chi connectivity index (χ4n) is 3.71. The Labute approximate surface area is 127 Å². The van der Waals surface area contributed by atoms with Gasteiger partial charge in [-0.25, -0.2) is 4.79 Å². The zero-order valence-corrected chi connectivity index (χ0v) is 12.5. The van der Waals surface area contributed by atoms with Crippen molar-refractivity contribution in [1.82, 2.24) is 5.32 Å². The van der Waals surface area contributed by atoms with E-state index >= 15 is 0 Å². The fraction of sp³-hybridized carbons (Fsp3) is 0.786. The maximum Gasteiger partial charge on any atom is 0.329 e. The molecule has 1 amide bonds. The van der Waals surface area contributed by atoms with Crippen LogP contribution in [0.4, 0.5) is 0 Å². The Bertz CT molecular complexity index is 508. The van der Waals surface area contributed by atoms with Crippen LogP contribution in [0.3, 0.4) is 0 Å². The number of carbonyl (C=O) groups is 3. The normalized spacial score (nSPS) is 37.5. The molecule has 0 bridgehead atoms. The Morgan fingerprint density at radius 3 is 2.32 bits per heavy atom. The SMILES string of the molecule is CC(C)C[C@H](N)C(=O)N[C@@]1(C(=O)O)C[C@H](O)[C@H]2[C@H](C(=O)O)[C@H]21. The second-order valence-corrected chi connectivity index (χ2v) is 6.74. The minimum atomic E-state index is -1.75. The summed E-state index contributed by atoms with van der Waals surface area (Å²) < 4.78 is 0. The van der Waals surface area contributed by atoms with Gasteiger partial charge in [-0.05, 0) is 12.3 Å². The molecule has 2 fully saturated rings. The van der Waals surface area contributed by atoms with Gasteiger partial charge in [0.25, 0.3) is 0 Å². The highest BCUT2D eigenvalue weighted by Crippen LogP contribution is 2.62. The average molecular weight is 314 g/mol. The zero-order chi connectivity index (χ0) is 16.8. The molecule has 0 aromatic heterocycles. The lowest BCUT2D eigenvalue weighted by molar-refractivity contribution is -0.151. The summed E-state index contributed by atoms with van der Waals surface area (Å²) in [4.78, 5) is 35.0. The molecule has 2 rings (SSSR count). The number of carboxylic acids is 2. The number of fused-ring (bicyclic) bond motifs is 1. The number of amides is 1. The van der Waals surface area contributed by atoms with Crippen molar-refractivity contribution < 1.29 is 29.7 Å². The maximum absolute atomic E-state index is 12.2. The monoisotopic (exact) mass is 314 g/mol. The lowest BCUT2D eigenvalue weighted by Gasteiger charge is -2.30. The fourth-order valence-corrected chi connectivity index (χ4v) is 3.71. The molecule has 0 aliphatic heterocycles. The number of aliphatic hydroxyl groups excluding tert-OH is 1. The van der Waals surface area contributed by atoms with E-state index in [1.165, 1.54) is 0 Å². The molecule has 2 saturated carbocycles. The standard InChI is InChI=1S/C14H22N2O6/c1-5(2)3-6(15)11(18)16-14(13(21)22)4-7(17)8-9(10(8)14)12(19)20/h5-10,17H,3-4,15H2,1-2H3,(H,16,18)(H,19,20)(H,21,22)/t6-,7-,8-,9-,10-,14-/m0/s1. The highest BCUT2D eigenvalue weighted by Gasteiger charge is 2.75. The van der Waals surface area contributed by atoms with Crippen LogP contribution in [-0.2, 0) is 14.4 Å². The summed E-state index contributed by atoms with van der Waals surface area (Å²) in [5.41, 5.74) is 4.01. The Morgan fingerprint density at radius 1 is 1.32 bits per heavy atom. The Morgan fingerprint density at radius 2 is 1.91 bits per heavy atom. The van der Waals surface area contributed by atoms with Gasteiger partial charge in [-0.15, -0.1) is 0 Å². The molecule has 0 spiro atoms. The van der Waals surface area contributed by atoms with Crippen LogP contribution in [0, 0.1) is 23.7 Å². The first-order valence-electron chi connectivity index (χ1n) is 7.33. The highest BCUT2D eigenvalue weighted by atomic mass is 16.4. The summed E-state index contributed by atoms with van der Waals surface area (Å²) in [6.07, 6.45) is -0.855. The molecule has 0 radical (unpaired) electrons. The number of hydrogen-bond donors (Lipinski definition) is 5. The third-order valence-corrected chi connectivity index (χ3v) is 4.69. The predicted molar refractivity (Wildman–Crippen MR) is 74.7 cm³/mol. The van der Waals surface area contributed by atoms with E-state index < -0.39 is 53.3 Å². The van der Waals surface area contributed by atoms with Crippen molar-refractivity contribution in [3.8, 4) is 0 Å². The molecule has 0 heterocycles. The molecule has 2 aliphatic carbocycles. The Kier molecular flexibility index (Phi) is 4.18. The van der Waals surface area contributed by atoms with E-state index in [1.54, 1.807) is 0 Å². The van der Waals surface area contributed by atoms with Crippen LogP contribution >= 0.6 is 0 Å². The van der Waals surface area contributed by atoms with Gasteiger partial charge in [0.2, 0.25) is 5.91 Å². The molecule has 8 nitrogen and oxygen atoms in total. The van der Waals surface area contributed by atoms with Gasteiger partial charge in [-0.2, -0.15) is 0 Å². The molecule has 22 heavy (non-hydrogen) atoms. The smallest absolute Gasteiger partial charge is 0.329 e. The van der Waals surface area contributed by atoms with E-state index in [9.17, 15) is 24.6 Å². The summed E-state index contributed by atoms with van der Waals surface area (Å²) in [6.45, 7) is 3.77. The molecule has 0 unspecified atom stereocenters. The third-order valence-electron chi connectivity index (χ3n) is 4.69. The van der Waals surface area contributed by atoms with Crippen molar-refractivity contribution in [2.45, 2.75) is 44.4 Å². The summed E-state index contributed by atoms with van der Waals surface area (Å²) in [5.74, 6) is -5.31. The number of carbonyl (C=O) groups excluding carboxylic acids is 1. The van der Waals surface area contributed by atoms with Gasteiger partial charge < -0.3 is 26.4 Å². The van der Waals surface area contributed by atoms with Crippen molar-refractivity contribution >= 4 is 17.8 Å². The number of aliphatic carboxylic acids is 2. The van der Waals surface area contributed by atoms with Crippen molar-refractivity contribution in [3.05, 3.63) is 0 Å². The third kappa shape index (κ3) is 2.56. The first-order valence-corrected chi connectivity index (χ1v) is 7.33. The number of nitrogens with one attached hydrogen (secondary N) is 1. The summed E-state index contributed by atoms with van der Waals surface area (Å²) in [5, 5.41) is 31.0. The minimum Gasteiger partial charge on any atom is -0.481 e. The van der Waals surface area contributed by atoms with Crippen LogP contribution in [0.2, 0.25) is 0 Å². The molecule has 0 aromatic rings. The first-order chi connectivity index (χ1) is 10.1. The summed E-state index contributed by atoms with van der Waals surface area (Å²) in [6, 6.07) is -0.866. The molecular weight excluding hydrogens is 292 g/mol. The number of aliphatic hydroxyl groups is 1. The minimum absolute atomic E-state index is 0.163. The van der Waals surface area contributed by atoms with Gasteiger partial charge in [-0.3, -0.25) is 9.59 Å². The molecule has 8 heteroatoms. The average Bonchev–Trinajstić information content (AvgIpc) is 3.06. The van der Waals surface area contributed by atoms with Gasteiger partial charge in [0, 0.05) is 18.3 Å².